The molecule has 0 radical (unpaired) electrons. The molecule has 0 saturated heterocycles. The van der Waals surface area contributed by atoms with E-state index in [1.54, 1.807) is 0 Å². The molecule has 0 rings (SSSR count). The molecule has 0 aromatic carbocycles. The number of hydrogen-bond acceptors (Lipinski definition) is 3. The molecule has 0 aromatic rings. The monoisotopic (exact) mass is 229 g/mol. The van der Waals surface area contributed by atoms with Crippen LogP contribution >= 0.6 is 0 Å². The standard InChI is InChI=1S/C12H27N3O/c1-10(9-13)5-6-12(16)14-11(2)7-8-15(3)4/h10-11H,5-9,13H2,1-4H3,(H,14,16). The van der Waals surface area contributed by atoms with Crippen LogP contribution in [-0.4, -0.2) is 44.0 Å². The molecule has 4 heteroatoms. The maximum Gasteiger partial charge on any atom is 0.220 e. The van der Waals surface area contributed by atoms with Gasteiger partial charge in [-0.2, -0.15) is 0 Å². The molecular formula is C12H27N3O. The molecule has 0 saturated carbocycles. The fourth-order valence-corrected chi connectivity index (χ4v) is 1.37. The van der Waals surface area contributed by atoms with Gasteiger partial charge in [-0.25, -0.2) is 0 Å². The van der Waals surface area contributed by atoms with Crippen molar-refractivity contribution in [2.24, 2.45) is 11.7 Å². The van der Waals surface area contributed by atoms with Crippen molar-refractivity contribution in [2.75, 3.05) is 27.2 Å². The molecule has 3 N–H and O–H groups in total. The second-order valence-corrected chi connectivity index (χ2v) is 4.94. The number of nitrogens with one attached hydrogen (secondary N) is 1. The quantitative estimate of drug-likeness (QED) is 0.648. The molecule has 96 valence electrons. The first-order valence-electron chi connectivity index (χ1n) is 6.09. The largest absolute Gasteiger partial charge is 0.354 e. The molecular weight excluding hydrogens is 202 g/mol. The normalized spacial score (nSPS) is 14.9. The minimum atomic E-state index is 0.145. The van der Waals surface area contributed by atoms with E-state index in [1.807, 2.05) is 21.0 Å². The highest BCUT2D eigenvalue weighted by Crippen LogP contribution is 2.03. The number of nitrogens with zero attached hydrogens (tertiary/aromatic N) is 1. The Kier molecular flexibility index (Phi) is 8.21. The molecule has 0 bridgehead atoms. The van der Waals surface area contributed by atoms with E-state index in [0.29, 0.717) is 18.9 Å². The number of carbonyl (C=O) groups excluding carboxylic acids is 1. The zero-order chi connectivity index (χ0) is 12.6. The Bertz CT molecular complexity index is 195. The van der Waals surface area contributed by atoms with Gasteiger partial charge >= 0.3 is 0 Å². The number of nitrogens with two attached hydrogens (primary N) is 1. The van der Waals surface area contributed by atoms with Gasteiger partial charge in [0, 0.05) is 12.5 Å². The summed E-state index contributed by atoms with van der Waals surface area (Å²) in [5.74, 6) is 0.578. The van der Waals surface area contributed by atoms with E-state index in [2.05, 4.69) is 17.1 Å². The van der Waals surface area contributed by atoms with E-state index in [9.17, 15) is 4.79 Å². The number of hydrogen-bond donors (Lipinski definition) is 2. The van der Waals surface area contributed by atoms with Crippen LogP contribution in [0.3, 0.4) is 0 Å². The van der Waals surface area contributed by atoms with E-state index in [-0.39, 0.29) is 11.9 Å². The van der Waals surface area contributed by atoms with Crippen molar-refractivity contribution in [3.8, 4) is 0 Å². The average Bonchev–Trinajstić information content (AvgIpc) is 2.23. The van der Waals surface area contributed by atoms with Crippen LogP contribution in [0.15, 0.2) is 0 Å². The first kappa shape index (κ1) is 15.4. The van der Waals surface area contributed by atoms with E-state index in [0.717, 1.165) is 19.4 Å². The van der Waals surface area contributed by atoms with E-state index < -0.39 is 0 Å². The topological polar surface area (TPSA) is 58.4 Å². The SMILES string of the molecule is CC(CN)CCC(=O)NC(C)CCN(C)C. The highest BCUT2D eigenvalue weighted by Gasteiger charge is 2.09. The number of rotatable bonds is 8. The Balaban J connectivity index is 3.62. The van der Waals surface area contributed by atoms with Crippen LogP contribution in [0.4, 0.5) is 0 Å². The van der Waals surface area contributed by atoms with Crippen LogP contribution in [0.25, 0.3) is 0 Å². The first-order chi connectivity index (χ1) is 7.45. The van der Waals surface area contributed by atoms with Crippen LogP contribution in [0.1, 0.15) is 33.1 Å². The fraction of sp³-hybridized carbons (Fsp3) is 0.917. The molecule has 0 heterocycles. The van der Waals surface area contributed by atoms with E-state index in [1.165, 1.54) is 0 Å². The van der Waals surface area contributed by atoms with Crippen LogP contribution in [-0.2, 0) is 4.79 Å². The molecule has 0 aliphatic rings. The molecule has 0 aliphatic heterocycles. The molecule has 2 unspecified atom stereocenters. The van der Waals surface area contributed by atoms with E-state index >= 15 is 0 Å². The van der Waals surface area contributed by atoms with Crippen molar-refractivity contribution in [1.29, 1.82) is 0 Å². The molecule has 0 aliphatic carbocycles. The summed E-state index contributed by atoms with van der Waals surface area (Å²) < 4.78 is 0. The summed E-state index contributed by atoms with van der Waals surface area (Å²) >= 11 is 0. The zero-order valence-electron chi connectivity index (χ0n) is 11.1. The molecule has 0 spiro atoms. The lowest BCUT2D eigenvalue weighted by atomic mass is 10.1. The Labute approximate surface area is 99.6 Å². The Hall–Kier alpha value is -0.610. The van der Waals surface area contributed by atoms with Crippen LogP contribution in [0, 0.1) is 5.92 Å². The lowest BCUT2D eigenvalue weighted by Gasteiger charge is -2.17. The summed E-state index contributed by atoms with van der Waals surface area (Å²) in [5.41, 5.74) is 5.50. The first-order valence-corrected chi connectivity index (χ1v) is 6.09. The van der Waals surface area contributed by atoms with Gasteiger partial charge in [-0.1, -0.05) is 6.92 Å². The Morgan fingerprint density at radius 2 is 1.94 bits per heavy atom. The average molecular weight is 229 g/mol. The molecule has 1 amide bonds. The van der Waals surface area contributed by atoms with Crippen molar-refractivity contribution < 1.29 is 4.79 Å². The maximum atomic E-state index is 11.6. The summed E-state index contributed by atoms with van der Waals surface area (Å²) in [6.07, 6.45) is 2.46. The third kappa shape index (κ3) is 8.68. The number of amides is 1. The van der Waals surface area contributed by atoms with Gasteiger partial charge in [0.25, 0.3) is 0 Å². The Morgan fingerprint density at radius 3 is 2.44 bits per heavy atom. The molecule has 0 aromatic heterocycles. The van der Waals surface area contributed by atoms with Gasteiger partial charge in [-0.15, -0.1) is 0 Å². The van der Waals surface area contributed by atoms with Gasteiger partial charge in [-0.3, -0.25) is 4.79 Å². The zero-order valence-corrected chi connectivity index (χ0v) is 11.1. The third-order valence-corrected chi connectivity index (χ3v) is 2.68. The summed E-state index contributed by atoms with van der Waals surface area (Å²) in [4.78, 5) is 13.7. The van der Waals surface area contributed by atoms with Crippen LogP contribution in [0.5, 0.6) is 0 Å². The van der Waals surface area contributed by atoms with Gasteiger partial charge in [0.05, 0.1) is 0 Å². The van der Waals surface area contributed by atoms with E-state index in [4.69, 9.17) is 5.73 Å². The van der Waals surface area contributed by atoms with Gasteiger partial charge in [0.15, 0.2) is 0 Å². The molecule has 0 fully saturated rings. The highest BCUT2D eigenvalue weighted by atomic mass is 16.1. The predicted molar refractivity (Wildman–Crippen MR) is 68.2 cm³/mol. The second kappa shape index (κ2) is 8.53. The summed E-state index contributed by atoms with van der Waals surface area (Å²) in [5, 5.41) is 3.01. The predicted octanol–water partition coefficient (Wildman–Crippen LogP) is 0.818. The molecule has 16 heavy (non-hydrogen) atoms. The number of carbonyl (C=O) groups is 1. The van der Waals surface area contributed by atoms with Crippen molar-refractivity contribution in [3.63, 3.8) is 0 Å². The second-order valence-electron chi connectivity index (χ2n) is 4.94. The lowest BCUT2D eigenvalue weighted by Crippen LogP contribution is -2.35. The van der Waals surface area contributed by atoms with Gasteiger partial charge in [0.1, 0.15) is 0 Å². The smallest absolute Gasteiger partial charge is 0.220 e. The fourth-order valence-electron chi connectivity index (χ4n) is 1.37. The van der Waals surface area contributed by atoms with Crippen molar-refractivity contribution in [2.45, 2.75) is 39.2 Å². The maximum absolute atomic E-state index is 11.6. The summed E-state index contributed by atoms with van der Waals surface area (Å²) in [7, 11) is 4.08. The van der Waals surface area contributed by atoms with Crippen LogP contribution in [0.2, 0.25) is 0 Å². The minimum absolute atomic E-state index is 0.145. The molecule has 4 nitrogen and oxygen atoms in total. The van der Waals surface area contributed by atoms with Crippen molar-refractivity contribution >= 4 is 5.91 Å². The third-order valence-electron chi connectivity index (χ3n) is 2.68. The molecule has 2 atom stereocenters. The summed E-state index contributed by atoms with van der Waals surface area (Å²) in [6, 6.07) is 0.253. The van der Waals surface area contributed by atoms with Gasteiger partial charge < -0.3 is 16.0 Å². The van der Waals surface area contributed by atoms with Crippen LogP contribution < -0.4 is 11.1 Å². The highest BCUT2D eigenvalue weighted by molar-refractivity contribution is 5.76. The van der Waals surface area contributed by atoms with Gasteiger partial charge in [0.2, 0.25) is 5.91 Å². The van der Waals surface area contributed by atoms with Gasteiger partial charge in [-0.05, 0) is 52.9 Å². The Morgan fingerprint density at radius 1 is 1.31 bits per heavy atom. The van der Waals surface area contributed by atoms with Crippen molar-refractivity contribution in [1.82, 2.24) is 10.2 Å². The lowest BCUT2D eigenvalue weighted by molar-refractivity contribution is -0.122. The van der Waals surface area contributed by atoms with Crippen molar-refractivity contribution in [3.05, 3.63) is 0 Å². The minimum Gasteiger partial charge on any atom is -0.354 e. The summed E-state index contributed by atoms with van der Waals surface area (Å²) in [6.45, 7) is 5.78.